The van der Waals surface area contributed by atoms with E-state index < -0.39 is 5.72 Å². The number of nitrogens with zero attached hydrogens (tertiary/aromatic N) is 3. The summed E-state index contributed by atoms with van der Waals surface area (Å²) in [5.74, 6) is 0. The second kappa shape index (κ2) is 6.77. The van der Waals surface area contributed by atoms with E-state index in [0.717, 1.165) is 36.7 Å². The Balaban J connectivity index is 1.71. The van der Waals surface area contributed by atoms with Gasteiger partial charge < -0.3 is 9.64 Å². The van der Waals surface area contributed by atoms with Gasteiger partial charge in [0.05, 0.1) is 18.5 Å². The molecule has 0 bridgehead atoms. The van der Waals surface area contributed by atoms with Gasteiger partial charge in [-0.3, -0.25) is 9.89 Å². The highest BCUT2D eigenvalue weighted by molar-refractivity contribution is 6.31. The Morgan fingerprint density at radius 3 is 2.70 bits per heavy atom. The largest absolute Gasteiger partial charge is 0.378 e. The molecule has 2 unspecified atom stereocenters. The van der Waals surface area contributed by atoms with E-state index in [1.165, 1.54) is 11.3 Å². The molecule has 0 radical (unpaired) electrons. The maximum atomic E-state index is 6.48. The Kier molecular flexibility index (Phi) is 4.69. The van der Waals surface area contributed by atoms with Gasteiger partial charge in [-0.05, 0) is 48.8 Å². The van der Waals surface area contributed by atoms with Crippen LogP contribution in [0.25, 0.3) is 0 Å². The monoisotopic (exact) mass is 385 g/mol. The predicted molar refractivity (Wildman–Crippen MR) is 113 cm³/mol. The third kappa shape index (κ3) is 2.95. The van der Waals surface area contributed by atoms with Gasteiger partial charge in [-0.2, -0.15) is 0 Å². The van der Waals surface area contributed by atoms with E-state index in [4.69, 9.17) is 21.3 Å². The first-order chi connectivity index (χ1) is 12.8. The molecular formula is C22H28ClN3O. The predicted octanol–water partition coefficient (Wildman–Crippen LogP) is 4.73. The van der Waals surface area contributed by atoms with Gasteiger partial charge in [0.1, 0.15) is 0 Å². The zero-order valence-corrected chi connectivity index (χ0v) is 17.3. The van der Waals surface area contributed by atoms with Crippen molar-refractivity contribution in [2.45, 2.75) is 38.5 Å². The van der Waals surface area contributed by atoms with Crippen LogP contribution in [0, 0.1) is 5.41 Å². The molecule has 3 aliphatic rings. The molecule has 1 aromatic rings. The van der Waals surface area contributed by atoms with Gasteiger partial charge in [0.15, 0.2) is 5.72 Å². The van der Waals surface area contributed by atoms with Crippen LogP contribution < -0.4 is 4.90 Å². The minimum atomic E-state index is -0.530. The third-order valence-corrected chi connectivity index (χ3v) is 6.49. The Bertz CT molecular complexity index is 809. The summed E-state index contributed by atoms with van der Waals surface area (Å²) in [5, 5.41) is 0.834. The molecule has 4 nitrogen and oxygen atoms in total. The van der Waals surface area contributed by atoms with Crippen LogP contribution in [0.5, 0.6) is 0 Å². The molecule has 2 atom stereocenters. The first kappa shape index (κ1) is 18.7. The summed E-state index contributed by atoms with van der Waals surface area (Å²) in [6, 6.07) is 8.64. The Morgan fingerprint density at radius 2 is 2.00 bits per heavy atom. The molecule has 0 aromatic heterocycles. The van der Waals surface area contributed by atoms with Crippen molar-refractivity contribution >= 4 is 29.2 Å². The van der Waals surface area contributed by atoms with Gasteiger partial charge in [-0.25, -0.2) is 0 Å². The highest BCUT2D eigenvalue weighted by Gasteiger charge is 2.62. The quantitative estimate of drug-likeness (QED) is 0.704. The van der Waals surface area contributed by atoms with Crippen LogP contribution in [0.3, 0.4) is 0 Å². The summed E-state index contributed by atoms with van der Waals surface area (Å²) in [5.41, 5.74) is 2.74. The lowest BCUT2D eigenvalue weighted by atomic mass is 9.75. The number of halogens is 1. The molecule has 5 heteroatoms. The smallest absolute Gasteiger partial charge is 0.167 e. The second-order valence-corrected chi connectivity index (χ2v) is 8.76. The molecule has 4 rings (SSSR count). The first-order valence-corrected chi connectivity index (χ1v) is 10.0. The van der Waals surface area contributed by atoms with Crippen LogP contribution in [0.15, 0.2) is 52.0 Å². The highest BCUT2D eigenvalue weighted by Crippen LogP contribution is 2.55. The molecule has 1 aliphatic carbocycles. The molecule has 2 fully saturated rings. The van der Waals surface area contributed by atoms with E-state index >= 15 is 0 Å². The van der Waals surface area contributed by atoms with E-state index in [2.05, 4.69) is 60.1 Å². The van der Waals surface area contributed by atoms with Gasteiger partial charge >= 0.3 is 0 Å². The lowest BCUT2D eigenvalue weighted by molar-refractivity contribution is -0.163. The van der Waals surface area contributed by atoms with Crippen LogP contribution >= 0.6 is 11.6 Å². The SMILES string of the molecule is CN(C)c1ccc(/N=C/C23OCCCN2C2CC=C(Cl)C=C2C3(C)C)cc1. The molecule has 2 heterocycles. The van der Waals surface area contributed by atoms with Crippen molar-refractivity contribution in [2.24, 2.45) is 10.4 Å². The fourth-order valence-electron chi connectivity index (χ4n) is 4.66. The van der Waals surface area contributed by atoms with Crippen LogP contribution in [0.1, 0.15) is 26.7 Å². The van der Waals surface area contributed by atoms with E-state index in [1.54, 1.807) is 0 Å². The summed E-state index contributed by atoms with van der Waals surface area (Å²) in [6.07, 6.45) is 8.27. The van der Waals surface area contributed by atoms with E-state index in [-0.39, 0.29) is 5.41 Å². The van der Waals surface area contributed by atoms with Gasteiger partial charge in [0.25, 0.3) is 0 Å². The average Bonchev–Trinajstić information content (AvgIpc) is 2.85. The molecule has 0 saturated carbocycles. The van der Waals surface area contributed by atoms with Crippen molar-refractivity contribution in [3.63, 3.8) is 0 Å². The second-order valence-electron chi connectivity index (χ2n) is 8.33. The summed E-state index contributed by atoms with van der Waals surface area (Å²) in [6.45, 7) is 6.29. The molecular weight excluding hydrogens is 358 g/mol. The first-order valence-electron chi connectivity index (χ1n) is 9.66. The Labute approximate surface area is 167 Å². The number of hydrogen-bond acceptors (Lipinski definition) is 4. The lowest BCUT2D eigenvalue weighted by Gasteiger charge is -2.46. The van der Waals surface area contributed by atoms with Gasteiger partial charge in [0.2, 0.25) is 0 Å². The van der Waals surface area contributed by atoms with Crippen LogP contribution in [0.2, 0.25) is 0 Å². The maximum Gasteiger partial charge on any atom is 0.167 e. The van der Waals surface area contributed by atoms with Gasteiger partial charge in [0, 0.05) is 42.8 Å². The molecule has 27 heavy (non-hydrogen) atoms. The van der Waals surface area contributed by atoms with Crippen molar-refractivity contribution < 1.29 is 4.74 Å². The zero-order valence-electron chi connectivity index (χ0n) is 16.6. The van der Waals surface area contributed by atoms with Crippen molar-refractivity contribution in [2.75, 3.05) is 32.1 Å². The van der Waals surface area contributed by atoms with Crippen LogP contribution in [-0.4, -0.2) is 50.1 Å². The van der Waals surface area contributed by atoms with Crippen molar-refractivity contribution in [3.05, 3.63) is 47.0 Å². The minimum Gasteiger partial charge on any atom is -0.378 e. The van der Waals surface area contributed by atoms with E-state index in [0.29, 0.717) is 6.04 Å². The summed E-state index contributed by atoms with van der Waals surface area (Å²) < 4.78 is 6.48. The molecule has 0 N–H and O–H groups in total. The van der Waals surface area contributed by atoms with E-state index in [9.17, 15) is 0 Å². The van der Waals surface area contributed by atoms with Crippen LogP contribution in [0.4, 0.5) is 11.4 Å². The zero-order chi connectivity index (χ0) is 19.2. The molecule has 0 amide bonds. The number of allylic oxidation sites excluding steroid dienone is 2. The van der Waals surface area contributed by atoms with Gasteiger partial charge in [-0.1, -0.05) is 31.5 Å². The average molecular weight is 386 g/mol. The number of hydrogen-bond donors (Lipinski definition) is 0. The molecule has 1 aromatic carbocycles. The van der Waals surface area contributed by atoms with Crippen molar-refractivity contribution in [1.29, 1.82) is 0 Å². The van der Waals surface area contributed by atoms with Crippen molar-refractivity contribution in [3.8, 4) is 0 Å². The van der Waals surface area contributed by atoms with Crippen LogP contribution in [-0.2, 0) is 4.74 Å². The number of benzene rings is 1. The fourth-order valence-corrected chi connectivity index (χ4v) is 4.87. The minimum absolute atomic E-state index is 0.195. The van der Waals surface area contributed by atoms with Crippen molar-refractivity contribution in [1.82, 2.24) is 4.90 Å². The Hall–Kier alpha value is -1.62. The summed E-state index contributed by atoms with van der Waals surface area (Å²) in [7, 11) is 4.08. The molecule has 144 valence electrons. The topological polar surface area (TPSA) is 28.1 Å². The van der Waals surface area contributed by atoms with E-state index in [1.807, 2.05) is 20.3 Å². The summed E-state index contributed by atoms with van der Waals surface area (Å²) in [4.78, 5) is 9.42. The highest BCUT2D eigenvalue weighted by atomic mass is 35.5. The van der Waals surface area contributed by atoms with Gasteiger partial charge in [-0.15, -0.1) is 0 Å². The Morgan fingerprint density at radius 1 is 1.26 bits per heavy atom. The third-order valence-electron chi connectivity index (χ3n) is 6.23. The fraction of sp³-hybridized carbons (Fsp3) is 0.500. The molecule has 0 spiro atoms. The molecule has 2 aliphatic heterocycles. The normalized spacial score (nSPS) is 29.9. The lowest BCUT2D eigenvalue weighted by Crippen LogP contribution is -2.59. The maximum absolute atomic E-state index is 6.48. The number of aliphatic imine (C=N–C) groups is 1. The number of rotatable bonds is 3. The molecule has 2 saturated heterocycles. The summed E-state index contributed by atoms with van der Waals surface area (Å²) >= 11 is 6.35. The number of anilines is 1. The number of fused-ring (bicyclic) bond motifs is 3. The standard InChI is InChI=1S/C22H28ClN3O/c1-21(2)19-14-16(23)6-11-20(19)26-12-5-13-27-22(21,26)15-24-17-7-9-18(10-8-17)25(3)4/h6-10,14-15,20H,5,11-13H2,1-4H3/b24-15+. The number of ether oxygens (including phenoxy) is 1.